The highest BCUT2D eigenvalue weighted by molar-refractivity contribution is 5.95. The van der Waals surface area contributed by atoms with E-state index in [-0.39, 0.29) is 5.91 Å². The van der Waals surface area contributed by atoms with Crippen LogP contribution in [0, 0.1) is 13.8 Å². The van der Waals surface area contributed by atoms with Gasteiger partial charge in [0.1, 0.15) is 0 Å². The molecule has 0 aliphatic rings. The van der Waals surface area contributed by atoms with Crippen molar-refractivity contribution in [3.63, 3.8) is 0 Å². The quantitative estimate of drug-likeness (QED) is 0.676. The van der Waals surface area contributed by atoms with Crippen LogP contribution in [0.3, 0.4) is 0 Å². The highest BCUT2D eigenvalue weighted by Gasteiger charge is 2.10. The molecule has 1 heterocycles. The van der Waals surface area contributed by atoms with Crippen LogP contribution in [0.2, 0.25) is 0 Å². The van der Waals surface area contributed by atoms with E-state index in [1.165, 1.54) is 0 Å². The van der Waals surface area contributed by atoms with Gasteiger partial charge in [-0.25, -0.2) is 0 Å². The molecule has 100 valence electrons. The Hall–Kier alpha value is -1.53. The van der Waals surface area contributed by atoms with E-state index in [9.17, 15) is 4.79 Å². The molecular weight excluding hydrogens is 232 g/mol. The van der Waals surface area contributed by atoms with E-state index < -0.39 is 0 Å². The molecule has 18 heavy (non-hydrogen) atoms. The first-order valence-corrected chi connectivity index (χ1v) is 6.02. The van der Waals surface area contributed by atoms with Crippen molar-refractivity contribution in [3.8, 4) is 0 Å². The molecule has 0 aromatic carbocycles. The summed E-state index contributed by atoms with van der Waals surface area (Å²) in [5, 5.41) is 10.6. The number of hydrogen-bond donors (Lipinski definition) is 2. The summed E-state index contributed by atoms with van der Waals surface area (Å²) < 4.78 is 5.21. The van der Waals surface area contributed by atoms with Gasteiger partial charge in [0.25, 0.3) is 5.91 Å². The molecule has 1 amide bonds. The fourth-order valence-corrected chi connectivity index (χ4v) is 1.44. The summed E-state index contributed by atoms with van der Waals surface area (Å²) in [6, 6.07) is 1.74. The SMILES string of the molecule is Cc1cc(C(=O)NCCCOCCN)c(C)nn1. The summed E-state index contributed by atoms with van der Waals surface area (Å²) in [7, 11) is 0. The number of nitrogens with one attached hydrogen (secondary N) is 1. The molecule has 0 aliphatic heterocycles. The van der Waals surface area contributed by atoms with Crippen molar-refractivity contribution in [3.05, 3.63) is 23.0 Å². The molecule has 0 atom stereocenters. The van der Waals surface area contributed by atoms with Crippen molar-refractivity contribution in [2.75, 3.05) is 26.3 Å². The number of nitrogens with zero attached hydrogens (tertiary/aromatic N) is 2. The third-order valence-electron chi connectivity index (χ3n) is 2.36. The number of amides is 1. The van der Waals surface area contributed by atoms with Crippen LogP contribution >= 0.6 is 0 Å². The standard InChI is InChI=1S/C12H20N4O2/c1-9-8-11(10(2)16-15-9)12(17)14-5-3-6-18-7-4-13/h8H,3-7,13H2,1-2H3,(H,14,17). The monoisotopic (exact) mass is 252 g/mol. The van der Waals surface area contributed by atoms with Crippen LogP contribution in [0.5, 0.6) is 0 Å². The van der Waals surface area contributed by atoms with Gasteiger partial charge in [0.05, 0.1) is 23.6 Å². The van der Waals surface area contributed by atoms with E-state index in [0.29, 0.717) is 37.6 Å². The van der Waals surface area contributed by atoms with E-state index in [1.54, 1.807) is 13.0 Å². The zero-order valence-electron chi connectivity index (χ0n) is 10.9. The van der Waals surface area contributed by atoms with Gasteiger partial charge in [-0.2, -0.15) is 10.2 Å². The maximum atomic E-state index is 11.9. The molecule has 0 fully saturated rings. The third kappa shape index (κ3) is 4.77. The van der Waals surface area contributed by atoms with Crippen LogP contribution in [0.4, 0.5) is 0 Å². The lowest BCUT2D eigenvalue weighted by molar-refractivity contribution is 0.0941. The predicted octanol–water partition coefficient (Wildman–Crippen LogP) is 0.189. The summed E-state index contributed by atoms with van der Waals surface area (Å²) in [4.78, 5) is 11.9. The minimum Gasteiger partial charge on any atom is -0.380 e. The van der Waals surface area contributed by atoms with Gasteiger partial charge in [0.15, 0.2) is 0 Å². The zero-order chi connectivity index (χ0) is 13.4. The molecule has 0 saturated heterocycles. The molecule has 0 spiro atoms. The third-order valence-corrected chi connectivity index (χ3v) is 2.36. The van der Waals surface area contributed by atoms with Crippen LogP contribution in [0.15, 0.2) is 6.07 Å². The molecule has 0 radical (unpaired) electrons. The molecular formula is C12H20N4O2. The van der Waals surface area contributed by atoms with Gasteiger partial charge < -0.3 is 15.8 Å². The molecule has 1 rings (SSSR count). The molecule has 3 N–H and O–H groups in total. The lowest BCUT2D eigenvalue weighted by atomic mass is 10.2. The number of ether oxygens (including phenoxy) is 1. The lowest BCUT2D eigenvalue weighted by Gasteiger charge is -2.07. The Morgan fingerprint density at radius 2 is 2.17 bits per heavy atom. The number of hydrogen-bond acceptors (Lipinski definition) is 5. The maximum absolute atomic E-state index is 11.9. The van der Waals surface area contributed by atoms with Crippen LogP contribution in [0.1, 0.15) is 28.2 Å². The fraction of sp³-hybridized carbons (Fsp3) is 0.583. The highest BCUT2D eigenvalue weighted by atomic mass is 16.5. The number of aromatic nitrogens is 2. The molecule has 0 aliphatic carbocycles. The van der Waals surface area contributed by atoms with E-state index in [0.717, 1.165) is 12.1 Å². The molecule has 6 nitrogen and oxygen atoms in total. The smallest absolute Gasteiger partial charge is 0.253 e. The van der Waals surface area contributed by atoms with E-state index in [2.05, 4.69) is 15.5 Å². The maximum Gasteiger partial charge on any atom is 0.253 e. The number of carbonyl (C=O) groups excluding carboxylic acids is 1. The summed E-state index contributed by atoms with van der Waals surface area (Å²) in [5.41, 5.74) is 7.24. The van der Waals surface area contributed by atoms with Crippen LogP contribution in [-0.2, 0) is 4.74 Å². The second-order valence-corrected chi connectivity index (χ2v) is 4.00. The van der Waals surface area contributed by atoms with Gasteiger partial charge in [-0.3, -0.25) is 4.79 Å². The van der Waals surface area contributed by atoms with Crippen LogP contribution in [-0.4, -0.2) is 42.4 Å². The van der Waals surface area contributed by atoms with Crippen LogP contribution in [0.25, 0.3) is 0 Å². The number of aryl methyl sites for hydroxylation is 2. The number of carbonyl (C=O) groups is 1. The first-order valence-electron chi connectivity index (χ1n) is 6.02. The Labute approximate surface area is 107 Å². The van der Waals surface area contributed by atoms with Gasteiger partial charge in [0, 0.05) is 19.7 Å². The second-order valence-electron chi connectivity index (χ2n) is 4.00. The topological polar surface area (TPSA) is 90.1 Å². The number of nitrogens with two attached hydrogens (primary N) is 1. The Kier molecular flexibility index (Phi) is 6.24. The largest absolute Gasteiger partial charge is 0.380 e. The molecule has 1 aromatic rings. The zero-order valence-corrected chi connectivity index (χ0v) is 10.9. The van der Waals surface area contributed by atoms with E-state index >= 15 is 0 Å². The van der Waals surface area contributed by atoms with Gasteiger partial charge in [-0.05, 0) is 26.3 Å². The van der Waals surface area contributed by atoms with Gasteiger partial charge in [0.2, 0.25) is 0 Å². The minimum atomic E-state index is -0.121. The summed E-state index contributed by atoms with van der Waals surface area (Å²) >= 11 is 0. The minimum absolute atomic E-state index is 0.121. The summed E-state index contributed by atoms with van der Waals surface area (Å²) in [6.45, 7) is 5.83. The first kappa shape index (κ1) is 14.5. The molecule has 0 saturated carbocycles. The number of rotatable bonds is 7. The second kappa shape index (κ2) is 7.73. The van der Waals surface area contributed by atoms with Gasteiger partial charge >= 0.3 is 0 Å². The van der Waals surface area contributed by atoms with E-state index in [1.807, 2.05) is 6.92 Å². The Morgan fingerprint density at radius 1 is 1.39 bits per heavy atom. The molecule has 1 aromatic heterocycles. The van der Waals surface area contributed by atoms with Gasteiger partial charge in [-0.15, -0.1) is 0 Å². The molecule has 6 heteroatoms. The predicted molar refractivity (Wildman–Crippen MR) is 68.3 cm³/mol. The van der Waals surface area contributed by atoms with Crippen LogP contribution < -0.4 is 11.1 Å². The first-order chi connectivity index (χ1) is 8.65. The average molecular weight is 252 g/mol. The van der Waals surface area contributed by atoms with E-state index in [4.69, 9.17) is 10.5 Å². The normalized spacial score (nSPS) is 10.4. The summed E-state index contributed by atoms with van der Waals surface area (Å²) in [6.07, 6.45) is 0.766. The van der Waals surface area contributed by atoms with Crippen molar-refractivity contribution in [1.29, 1.82) is 0 Å². The van der Waals surface area contributed by atoms with Gasteiger partial charge in [-0.1, -0.05) is 0 Å². The fourth-order valence-electron chi connectivity index (χ4n) is 1.44. The van der Waals surface area contributed by atoms with Crippen molar-refractivity contribution in [2.24, 2.45) is 5.73 Å². The molecule has 0 unspecified atom stereocenters. The Balaban J connectivity index is 2.34. The summed E-state index contributed by atoms with van der Waals surface area (Å²) in [5.74, 6) is -0.121. The van der Waals surface area contributed by atoms with Crippen molar-refractivity contribution in [1.82, 2.24) is 15.5 Å². The lowest BCUT2D eigenvalue weighted by Crippen LogP contribution is -2.26. The van der Waals surface area contributed by atoms with Crippen molar-refractivity contribution < 1.29 is 9.53 Å². The van der Waals surface area contributed by atoms with Crippen molar-refractivity contribution >= 4 is 5.91 Å². The molecule has 0 bridgehead atoms. The highest BCUT2D eigenvalue weighted by Crippen LogP contribution is 2.04. The average Bonchev–Trinajstić information content (AvgIpc) is 2.36. The Morgan fingerprint density at radius 3 is 2.89 bits per heavy atom. The Bertz CT molecular complexity index is 396. The van der Waals surface area contributed by atoms with Crippen molar-refractivity contribution in [2.45, 2.75) is 20.3 Å².